The molecule has 0 atom stereocenters. The molecule has 2 N–H and O–H groups in total. The van der Waals surface area contributed by atoms with Gasteiger partial charge in [-0.1, -0.05) is 37.5 Å². The van der Waals surface area contributed by atoms with Crippen LogP contribution in [0.4, 0.5) is 5.69 Å². The van der Waals surface area contributed by atoms with E-state index in [1.54, 1.807) is 11.3 Å². The lowest BCUT2D eigenvalue weighted by Gasteiger charge is -2.34. The van der Waals surface area contributed by atoms with Gasteiger partial charge in [-0.2, -0.15) is 0 Å². The van der Waals surface area contributed by atoms with Crippen molar-refractivity contribution in [2.45, 2.75) is 37.7 Å². The van der Waals surface area contributed by atoms with Crippen molar-refractivity contribution in [3.05, 3.63) is 34.7 Å². The summed E-state index contributed by atoms with van der Waals surface area (Å²) in [5.74, 6) is 0. The summed E-state index contributed by atoms with van der Waals surface area (Å²) < 4.78 is 5.86. The molecule has 0 amide bonds. The maximum absolute atomic E-state index is 6.04. The highest BCUT2D eigenvalue weighted by molar-refractivity contribution is 7.10. The molecule has 2 aromatic rings. The molecule has 0 saturated heterocycles. The molecule has 3 rings (SSSR count). The van der Waals surface area contributed by atoms with Gasteiger partial charge in [-0.15, -0.1) is 11.3 Å². The van der Waals surface area contributed by atoms with Crippen molar-refractivity contribution < 1.29 is 4.74 Å². The molecule has 0 spiro atoms. The van der Waals surface area contributed by atoms with Crippen LogP contribution < -0.4 is 5.73 Å². The third-order valence-electron chi connectivity index (χ3n) is 4.18. The molecule has 106 valence electrons. The molecule has 1 aromatic heterocycles. The zero-order chi connectivity index (χ0) is 14.0. The molecule has 0 unspecified atom stereocenters. The minimum atomic E-state index is -0.176. The number of rotatable bonds is 3. The molecule has 1 fully saturated rings. The molecule has 1 heterocycles. The number of para-hydroxylation sites is 1. The van der Waals surface area contributed by atoms with Crippen molar-refractivity contribution in [3.63, 3.8) is 0 Å². The summed E-state index contributed by atoms with van der Waals surface area (Å²) in [4.78, 5) is 4.82. The van der Waals surface area contributed by atoms with Crippen LogP contribution in [0.15, 0.2) is 29.6 Å². The lowest BCUT2D eigenvalue weighted by Crippen LogP contribution is -2.30. The molecule has 0 radical (unpaired) electrons. The third kappa shape index (κ3) is 2.34. The topological polar surface area (TPSA) is 48.1 Å². The minimum absolute atomic E-state index is 0.176. The highest BCUT2D eigenvalue weighted by Gasteiger charge is 2.36. The van der Waals surface area contributed by atoms with Gasteiger partial charge in [0.1, 0.15) is 10.6 Å². The standard InChI is InChI=1S/C16H20N2OS/c1-19-16(9-5-2-6-10-16)15-18-14(11-20-15)12-7-3-4-8-13(12)17/h3-4,7-8,11H,2,5-6,9-10,17H2,1H3. The number of nitrogens with zero attached hydrogens (tertiary/aromatic N) is 1. The molecule has 3 nitrogen and oxygen atoms in total. The van der Waals surface area contributed by atoms with E-state index < -0.39 is 0 Å². The largest absolute Gasteiger partial charge is 0.398 e. The predicted molar refractivity (Wildman–Crippen MR) is 83.7 cm³/mol. The maximum atomic E-state index is 6.04. The average molecular weight is 288 g/mol. The number of anilines is 1. The van der Waals surface area contributed by atoms with Crippen LogP contribution >= 0.6 is 11.3 Å². The van der Waals surface area contributed by atoms with Gasteiger partial charge in [0.25, 0.3) is 0 Å². The van der Waals surface area contributed by atoms with E-state index in [9.17, 15) is 0 Å². The van der Waals surface area contributed by atoms with Crippen LogP contribution in [0.1, 0.15) is 37.1 Å². The average Bonchev–Trinajstić information content (AvgIpc) is 2.98. The quantitative estimate of drug-likeness (QED) is 0.861. The third-order valence-corrected chi connectivity index (χ3v) is 5.21. The van der Waals surface area contributed by atoms with Crippen molar-refractivity contribution in [2.24, 2.45) is 0 Å². The van der Waals surface area contributed by atoms with E-state index in [2.05, 4.69) is 5.38 Å². The van der Waals surface area contributed by atoms with Crippen molar-refractivity contribution in [3.8, 4) is 11.3 Å². The Morgan fingerprint density at radius 2 is 1.95 bits per heavy atom. The number of hydrogen-bond acceptors (Lipinski definition) is 4. The van der Waals surface area contributed by atoms with Gasteiger partial charge in [-0.3, -0.25) is 0 Å². The smallest absolute Gasteiger partial charge is 0.125 e. The number of nitrogens with two attached hydrogens (primary N) is 1. The Kier molecular flexibility index (Phi) is 3.76. The number of nitrogen functional groups attached to an aromatic ring is 1. The second-order valence-electron chi connectivity index (χ2n) is 5.38. The van der Waals surface area contributed by atoms with Gasteiger partial charge < -0.3 is 10.5 Å². The van der Waals surface area contributed by atoms with Crippen molar-refractivity contribution in [1.82, 2.24) is 4.98 Å². The maximum Gasteiger partial charge on any atom is 0.125 e. The van der Waals surface area contributed by atoms with Crippen LogP contribution in [0, 0.1) is 0 Å². The number of hydrogen-bond donors (Lipinski definition) is 1. The second-order valence-corrected chi connectivity index (χ2v) is 6.24. The molecular weight excluding hydrogens is 268 g/mol. The monoisotopic (exact) mass is 288 g/mol. The van der Waals surface area contributed by atoms with E-state index in [0.717, 1.165) is 34.8 Å². The summed E-state index contributed by atoms with van der Waals surface area (Å²) >= 11 is 1.69. The molecule has 1 aliphatic rings. The fraction of sp³-hybridized carbons (Fsp3) is 0.438. The van der Waals surface area contributed by atoms with Gasteiger partial charge in [0.15, 0.2) is 0 Å². The molecule has 0 bridgehead atoms. The number of aromatic nitrogens is 1. The lowest BCUT2D eigenvalue weighted by molar-refractivity contribution is -0.0445. The zero-order valence-corrected chi connectivity index (χ0v) is 12.6. The van der Waals surface area contributed by atoms with Crippen LogP contribution in [0.3, 0.4) is 0 Å². The summed E-state index contributed by atoms with van der Waals surface area (Å²) in [6, 6.07) is 7.89. The number of thiazole rings is 1. The summed E-state index contributed by atoms with van der Waals surface area (Å²) in [7, 11) is 1.81. The van der Waals surface area contributed by atoms with Crippen LogP contribution in [0.25, 0.3) is 11.3 Å². The van der Waals surface area contributed by atoms with Crippen LogP contribution in [0.5, 0.6) is 0 Å². The zero-order valence-electron chi connectivity index (χ0n) is 11.8. The number of methoxy groups -OCH3 is 1. The lowest BCUT2D eigenvalue weighted by atomic mass is 9.85. The van der Waals surface area contributed by atoms with Gasteiger partial charge >= 0.3 is 0 Å². The van der Waals surface area contributed by atoms with Gasteiger partial charge in [0.05, 0.1) is 5.69 Å². The first-order chi connectivity index (χ1) is 9.75. The van der Waals surface area contributed by atoms with Gasteiger partial charge in [0.2, 0.25) is 0 Å². The fourth-order valence-electron chi connectivity index (χ4n) is 2.97. The predicted octanol–water partition coefficient (Wildman–Crippen LogP) is 4.20. The van der Waals surface area contributed by atoms with E-state index in [1.807, 2.05) is 31.4 Å². The summed E-state index contributed by atoms with van der Waals surface area (Å²) in [6.45, 7) is 0. The number of ether oxygens (including phenoxy) is 1. The van der Waals surface area contributed by atoms with Crippen molar-refractivity contribution in [1.29, 1.82) is 0 Å². The second kappa shape index (κ2) is 5.54. The Morgan fingerprint density at radius 3 is 2.65 bits per heavy atom. The first-order valence-electron chi connectivity index (χ1n) is 7.11. The minimum Gasteiger partial charge on any atom is -0.398 e. The molecule has 0 aliphatic heterocycles. The molecule has 4 heteroatoms. The van der Waals surface area contributed by atoms with E-state index in [-0.39, 0.29) is 5.60 Å². The molecule has 20 heavy (non-hydrogen) atoms. The molecule has 1 aromatic carbocycles. The molecule has 1 aliphatic carbocycles. The Hall–Kier alpha value is -1.39. The van der Waals surface area contributed by atoms with Gasteiger partial charge in [0, 0.05) is 23.7 Å². The van der Waals surface area contributed by atoms with Crippen molar-refractivity contribution in [2.75, 3.05) is 12.8 Å². The summed E-state index contributed by atoms with van der Waals surface area (Å²) in [5.41, 5.74) is 8.61. The highest BCUT2D eigenvalue weighted by Crippen LogP contribution is 2.42. The Bertz CT molecular complexity index is 588. The van der Waals surface area contributed by atoms with E-state index >= 15 is 0 Å². The van der Waals surface area contributed by atoms with Crippen LogP contribution in [0.2, 0.25) is 0 Å². The first kappa shape index (κ1) is 13.6. The van der Waals surface area contributed by atoms with Crippen LogP contribution in [-0.2, 0) is 10.3 Å². The van der Waals surface area contributed by atoms with E-state index in [0.29, 0.717) is 0 Å². The van der Waals surface area contributed by atoms with E-state index in [4.69, 9.17) is 15.5 Å². The Morgan fingerprint density at radius 1 is 1.20 bits per heavy atom. The van der Waals surface area contributed by atoms with Gasteiger partial charge in [-0.25, -0.2) is 4.98 Å². The summed E-state index contributed by atoms with van der Waals surface area (Å²) in [6.07, 6.45) is 5.88. The highest BCUT2D eigenvalue weighted by atomic mass is 32.1. The normalized spacial score (nSPS) is 18.1. The number of benzene rings is 1. The van der Waals surface area contributed by atoms with E-state index in [1.165, 1.54) is 19.3 Å². The Balaban J connectivity index is 1.95. The molecule has 1 saturated carbocycles. The van der Waals surface area contributed by atoms with Crippen LogP contribution in [-0.4, -0.2) is 12.1 Å². The van der Waals surface area contributed by atoms with Gasteiger partial charge in [-0.05, 0) is 18.9 Å². The summed E-state index contributed by atoms with van der Waals surface area (Å²) in [5, 5.41) is 3.19. The fourth-order valence-corrected chi connectivity index (χ4v) is 4.02. The van der Waals surface area contributed by atoms with Crippen molar-refractivity contribution >= 4 is 17.0 Å². The first-order valence-corrected chi connectivity index (χ1v) is 7.99. The molecular formula is C16H20N2OS. The SMILES string of the molecule is COC1(c2nc(-c3ccccc3N)cs2)CCCCC1. The Labute approximate surface area is 123 Å².